The van der Waals surface area contributed by atoms with E-state index in [-0.39, 0.29) is 12.1 Å². The lowest BCUT2D eigenvalue weighted by Crippen LogP contribution is -2.47. The van der Waals surface area contributed by atoms with Crippen LogP contribution in [0.25, 0.3) is 11.0 Å². The standard InChI is InChI=1S/C23H26F2N6O/c1-14-8-20-21(12-26-14)29-23(22(28-20)27-17-10-18(32)11-17)31-6-4-30(5-7-31)13-15-2-3-16(24)9-19(15)25/h2-3,8-9,12,17-18,32H,4-7,10-11,13H2,1H3,(H,27,28). The molecule has 1 aromatic carbocycles. The molecule has 1 aliphatic carbocycles. The molecule has 32 heavy (non-hydrogen) atoms. The first-order valence-corrected chi connectivity index (χ1v) is 10.9. The topological polar surface area (TPSA) is 77.4 Å². The van der Waals surface area contributed by atoms with Gasteiger partial charge in [0.2, 0.25) is 0 Å². The number of pyridine rings is 1. The van der Waals surface area contributed by atoms with Crippen molar-refractivity contribution in [1.82, 2.24) is 19.9 Å². The number of anilines is 2. The zero-order valence-electron chi connectivity index (χ0n) is 17.9. The molecule has 2 aromatic heterocycles. The summed E-state index contributed by atoms with van der Waals surface area (Å²) in [6.07, 6.45) is 2.88. The third kappa shape index (κ3) is 4.35. The summed E-state index contributed by atoms with van der Waals surface area (Å²) in [6, 6.07) is 5.84. The fourth-order valence-corrected chi connectivity index (χ4v) is 4.28. The number of nitrogens with zero attached hydrogens (tertiary/aromatic N) is 5. The highest BCUT2D eigenvalue weighted by molar-refractivity contribution is 5.80. The molecule has 2 N–H and O–H groups in total. The predicted molar refractivity (Wildman–Crippen MR) is 119 cm³/mol. The van der Waals surface area contributed by atoms with Crippen molar-refractivity contribution >= 4 is 22.7 Å². The van der Waals surface area contributed by atoms with E-state index in [1.54, 1.807) is 6.20 Å². The number of benzene rings is 1. The van der Waals surface area contributed by atoms with Crippen LogP contribution >= 0.6 is 0 Å². The summed E-state index contributed by atoms with van der Waals surface area (Å²) in [7, 11) is 0. The van der Waals surface area contributed by atoms with Crippen molar-refractivity contribution in [3.8, 4) is 0 Å². The van der Waals surface area contributed by atoms with E-state index in [4.69, 9.17) is 9.97 Å². The molecule has 3 aromatic rings. The summed E-state index contributed by atoms with van der Waals surface area (Å²) in [4.78, 5) is 18.4. The van der Waals surface area contributed by atoms with E-state index in [0.29, 0.717) is 38.0 Å². The van der Waals surface area contributed by atoms with Crippen LogP contribution in [-0.4, -0.2) is 63.3 Å². The Balaban J connectivity index is 1.34. The summed E-state index contributed by atoms with van der Waals surface area (Å²) in [5.41, 5.74) is 2.90. The molecule has 0 bridgehead atoms. The number of aliphatic hydroxyl groups is 1. The van der Waals surface area contributed by atoms with Crippen LogP contribution in [0, 0.1) is 18.6 Å². The van der Waals surface area contributed by atoms with Crippen molar-refractivity contribution in [2.24, 2.45) is 0 Å². The number of hydrogen-bond acceptors (Lipinski definition) is 7. The van der Waals surface area contributed by atoms with Gasteiger partial charge in [-0.25, -0.2) is 18.7 Å². The van der Waals surface area contributed by atoms with Crippen molar-refractivity contribution in [1.29, 1.82) is 0 Å². The highest BCUT2D eigenvalue weighted by Crippen LogP contribution is 2.30. The Morgan fingerprint density at radius 1 is 1.06 bits per heavy atom. The smallest absolute Gasteiger partial charge is 0.172 e. The van der Waals surface area contributed by atoms with Crippen LogP contribution in [0.2, 0.25) is 0 Å². The maximum Gasteiger partial charge on any atom is 0.172 e. The van der Waals surface area contributed by atoms with E-state index < -0.39 is 11.6 Å². The molecule has 7 nitrogen and oxygen atoms in total. The number of hydrogen-bond donors (Lipinski definition) is 2. The Kier molecular flexibility index (Phi) is 5.60. The molecule has 1 saturated carbocycles. The van der Waals surface area contributed by atoms with Gasteiger partial charge in [0.1, 0.15) is 17.2 Å². The van der Waals surface area contributed by atoms with Crippen LogP contribution in [0.4, 0.5) is 20.4 Å². The van der Waals surface area contributed by atoms with E-state index >= 15 is 0 Å². The van der Waals surface area contributed by atoms with Crippen molar-refractivity contribution < 1.29 is 13.9 Å². The number of rotatable bonds is 5. The van der Waals surface area contributed by atoms with Gasteiger partial charge in [0.05, 0.1) is 17.8 Å². The number of aliphatic hydroxyl groups excluding tert-OH is 1. The van der Waals surface area contributed by atoms with Crippen molar-refractivity contribution in [3.63, 3.8) is 0 Å². The molecule has 2 aliphatic rings. The van der Waals surface area contributed by atoms with Crippen LogP contribution < -0.4 is 10.2 Å². The van der Waals surface area contributed by atoms with E-state index in [2.05, 4.69) is 20.1 Å². The monoisotopic (exact) mass is 440 g/mol. The van der Waals surface area contributed by atoms with Crippen LogP contribution in [0.1, 0.15) is 24.1 Å². The van der Waals surface area contributed by atoms with Gasteiger partial charge in [-0.2, -0.15) is 0 Å². The maximum atomic E-state index is 14.0. The van der Waals surface area contributed by atoms with Crippen LogP contribution in [-0.2, 0) is 6.54 Å². The molecule has 1 saturated heterocycles. The van der Waals surface area contributed by atoms with Gasteiger partial charge in [0.25, 0.3) is 0 Å². The average Bonchev–Trinajstić information content (AvgIpc) is 2.75. The van der Waals surface area contributed by atoms with Crippen molar-refractivity contribution in [3.05, 3.63) is 53.4 Å². The zero-order chi connectivity index (χ0) is 22.2. The van der Waals surface area contributed by atoms with Crippen LogP contribution in [0.15, 0.2) is 30.5 Å². The normalized spacial score (nSPS) is 21.6. The summed E-state index contributed by atoms with van der Waals surface area (Å²) >= 11 is 0. The lowest BCUT2D eigenvalue weighted by atomic mass is 9.89. The Bertz CT molecular complexity index is 1130. The van der Waals surface area contributed by atoms with Gasteiger partial charge in [-0.3, -0.25) is 9.88 Å². The molecular weight excluding hydrogens is 414 g/mol. The minimum Gasteiger partial charge on any atom is -0.393 e. The molecule has 168 valence electrons. The maximum absolute atomic E-state index is 14.0. The van der Waals surface area contributed by atoms with Crippen molar-refractivity contribution in [2.75, 3.05) is 36.4 Å². The van der Waals surface area contributed by atoms with Gasteiger partial charge >= 0.3 is 0 Å². The molecule has 3 heterocycles. The predicted octanol–water partition coefficient (Wildman–Crippen LogP) is 2.87. The van der Waals surface area contributed by atoms with Gasteiger partial charge in [0.15, 0.2) is 11.6 Å². The fourth-order valence-electron chi connectivity index (χ4n) is 4.28. The second-order valence-electron chi connectivity index (χ2n) is 8.68. The molecule has 0 atom stereocenters. The van der Waals surface area contributed by atoms with Crippen LogP contribution in [0.3, 0.4) is 0 Å². The number of fused-ring (bicyclic) bond motifs is 1. The zero-order valence-corrected chi connectivity index (χ0v) is 17.9. The quantitative estimate of drug-likeness (QED) is 0.632. The second-order valence-corrected chi connectivity index (χ2v) is 8.68. The lowest BCUT2D eigenvalue weighted by molar-refractivity contribution is 0.0835. The molecule has 2 fully saturated rings. The number of aryl methyl sites for hydroxylation is 1. The SMILES string of the molecule is Cc1cc2nc(NC3CC(O)C3)c(N3CCN(Cc4ccc(F)cc4F)CC3)nc2cn1. The van der Waals surface area contributed by atoms with Gasteiger partial charge in [0, 0.05) is 56.1 Å². The van der Waals surface area contributed by atoms with E-state index in [9.17, 15) is 13.9 Å². The lowest BCUT2D eigenvalue weighted by Gasteiger charge is -2.37. The van der Waals surface area contributed by atoms with Crippen molar-refractivity contribution in [2.45, 2.75) is 38.5 Å². The highest BCUT2D eigenvalue weighted by Gasteiger charge is 2.30. The summed E-state index contributed by atoms with van der Waals surface area (Å²) in [5, 5.41) is 13.1. The third-order valence-corrected chi connectivity index (χ3v) is 6.20. The average molecular weight is 440 g/mol. The molecule has 0 unspecified atom stereocenters. The van der Waals surface area contributed by atoms with E-state index in [1.165, 1.54) is 12.1 Å². The number of piperazine rings is 1. The largest absolute Gasteiger partial charge is 0.393 e. The molecular formula is C23H26F2N6O. The number of aromatic nitrogens is 3. The molecule has 1 aliphatic heterocycles. The van der Waals surface area contributed by atoms with Gasteiger partial charge < -0.3 is 15.3 Å². The molecule has 5 rings (SSSR count). The van der Waals surface area contributed by atoms with E-state index in [0.717, 1.165) is 47.5 Å². The molecule has 0 spiro atoms. The Morgan fingerprint density at radius 3 is 2.56 bits per heavy atom. The Labute approximate surface area is 185 Å². The first kappa shape index (κ1) is 21.0. The Hall–Kier alpha value is -2.91. The Morgan fingerprint density at radius 2 is 1.84 bits per heavy atom. The third-order valence-electron chi connectivity index (χ3n) is 6.20. The van der Waals surface area contributed by atoms with Gasteiger partial charge in [-0.1, -0.05) is 6.07 Å². The van der Waals surface area contributed by atoms with Gasteiger partial charge in [-0.15, -0.1) is 0 Å². The number of nitrogens with one attached hydrogen (secondary N) is 1. The summed E-state index contributed by atoms with van der Waals surface area (Å²) in [6.45, 7) is 5.24. The minimum absolute atomic E-state index is 0.182. The summed E-state index contributed by atoms with van der Waals surface area (Å²) < 4.78 is 27.2. The van der Waals surface area contributed by atoms with E-state index in [1.807, 2.05) is 13.0 Å². The minimum atomic E-state index is -0.561. The van der Waals surface area contributed by atoms with Crippen LogP contribution in [0.5, 0.6) is 0 Å². The molecule has 0 amide bonds. The number of halogens is 2. The summed E-state index contributed by atoms with van der Waals surface area (Å²) in [5.74, 6) is 0.426. The van der Waals surface area contributed by atoms with Gasteiger partial charge in [-0.05, 0) is 31.9 Å². The second kappa shape index (κ2) is 8.55. The first-order chi connectivity index (χ1) is 15.4. The molecule has 0 radical (unpaired) electrons. The highest BCUT2D eigenvalue weighted by atomic mass is 19.1. The fraction of sp³-hybridized carbons (Fsp3) is 0.435. The molecule has 9 heteroatoms. The first-order valence-electron chi connectivity index (χ1n) is 10.9.